The Labute approximate surface area is 197 Å². The number of para-hydroxylation sites is 2. The van der Waals surface area contributed by atoms with Crippen LogP contribution in [0.15, 0.2) is 88.6 Å². The Balaban J connectivity index is 1.66. The largest absolute Gasteiger partial charge is 0.316 e. The fraction of sp³-hybridized carbons (Fsp3) is 0.120. The zero-order chi connectivity index (χ0) is 24.5. The van der Waals surface area contributed by atoms with Gasteiger partial charge in [0.2, 0.25) is 0 Å². The van der Waals surface area contributed by atoms with Crippen molar-refractivity contribution in [3.63, 3.8) is 0 Å². The van der Waals surface area contributed by atoms with Gasteiger partial charge in [-0.05, 0) is 55.8 Å². The molecule has 0 bridgehead atoms. The Hall–Kier alpha value is -4.11. The first-order valence-electron chi connectivity index (χ1n) is 10.5. The summed E-state index contributed by atoms with van der Waals surface area (Å²) in [6.45, 7) is 3.38. The van der Waals surface area contributed by atoms with Crippen molar-refractivity contribution in [3.05, 3.63) is 106 Å². The van der Waals surface area contributed by atoms with Gasteiger partial charge in [-0.1, -0.05) is 42.5 Å². The minimum Gasteiger partial charge on any atom is -0.316 e. The first kappa shape index (κ1) is 23.1. The topological polar surface area (TPSA) is 102 Å². The summed E-state index contributed by atoms with van der Waals surface area (Å²) in [5.74, 6) is -0.581. The van der Waals surface area contributed by atoms with Crippen LogP contribution in [-0.4, -0.2) is 23.7 Å². The summed E-state index contributed by atoms with van der Waals surface area (Å²) < 4.78 is 31.6. The lowest BCUT2D eigenvalue weighted by Crippen LogP contribution is -2.23. The molecule has 0 saturated carbocycles. The van der Waals surface area contributed by atoms with Crippen LogP contribution < -0.4 is 15.6 Å². The number of sulfonamides is 1. The molecule has 9 heteroatoms. The van der Waals surface area contributed by atoms with Gasteiger partial charge in [-0.2, -0.15) is 0 Å². The summed E-state index contributed by atoms with van der Waals surface area (Å²) >= 11 is 0. The molecule has 174 valence electrons. The van der Waals surface area contributed by atoms with Gasteiger partial charge in [0.1, 0.15) is 5.69 Å². The fourth-order valence-electron chi connectivity index (χ4n) is 3.65. The van der Waals surface area contributed by atoms with Crippen LogP contribution in [0, 0.1) is 13.8 Å². The summed E-state index contributed by atoms with van der Waals surface area (Å²) in [5.41, 5.74) is 1.99. The third-order valence-corrected chi connectivity index (χ3v) is 7.08. The maximum atomic E-state index is 13.1. The van der Waals surface area contributed by atoms with E-state index >= 15 is 0 Å². The lowest BCUT2D eigenvalue weighted by Gasteiger charge is -2.12. The van der Waals surface area contributed by atoms with Crippen molar-refractivity contribution < 1.29 is 13.2 Å². The quantitative estimate of drug-likeness (QED) is 0.441. The summed E-state index contributed by atoms with van der Waals surface area (Å²) in [4.78, 5) is 26.1. The van der Waals surface area contributed by atoms with Gasteiger partial charge >= 0.3 is 0 Å². The number of nitrogens with zero attached hydrogens (tertiary/aromatic N) is 2. The molecule has 0 aliphatic carbocycles. The Morgan fingerprint density at radius 2 is 1.50 bits per heavy atom. The number of hydrogen-bond donors (Lipinski definition) is 2. The molecule has 3 aromatic carbocycles. The van der Waals surface area contributed by atoms with Gasteiger partial charge < -0.3 is 5.32 Å². The molecule has 34 heavy (non-hydrogen) atoms. The van der Waals surface area contributed by atoms with Crippen molar-refractivity contribution >= 4 is 27.3 Å². The van der Waals surface area contributed by atoms with Gasteiger partial charge in [0.05, 0.1) is 16.3 Å². The van der Waals surface area contributed by atoms with Crippen LogP contribution in [0.2, 0.25) is 0 Å². The molecule has 4 rings (SSSR count). The Morgan fingerprint density at radius 1 is 0.882 bits per heavy atom. The van der Waals surface area contributed by atoms with E-state index in [1.54, 1.807) is 74.1 Å². The maximum Gasteiger partial charge on any atom is 0.295 e. The average Bonchev–Trinajstić information content (AvgIpc) is 3.03. The van der Waals surface area contributed by atoms with Crippen LogP contribution in [-0.2, 0) is 17.1 Å². The molecule has 4 aromatic rings. The molecule has 2 N–H and O–H groups in total. The highest BCUT2D eigenvalue weighted by Gasteiger charge is 2.22. The van der Waals surface area contributed by atoms with Gasteiger partial charge in [-0.25, -0.2) is 13.1 Å². The molecule has 0 saturated heterocycles. The Bertz CT molecular complexity index is 1520. The number of amides is 1. The fourth-order valence-corrected chi connectivity index (χ4v) is 4.98. The number of nitrogens with one attached hydrogen (secondary N) is 2. The molecule has 0 atom stereocenters. The van der Waals surface area contributed by atoms with Crippen LogP contribution in [0.5, 0.6) is 0 Å². The molecule has 0 spiro atoms. The van der Waals surface area contributed by atoms with E-state index in [1.807, 2.05) is 18.2 Å². The number of rotatable bonds is 6. The van der Waals surface area contributed by atoms with Crippen LogP contribution in [0.1, 0.15) is 21.6 Å². The van der Waals surface area contributed by atoms with Crippen LogP contribution in [0.4, 0.5) is 11.4 Å². The highest BCUT2D eigenvalue weighted by atomic mass is 32.2. The zero-order valence-electron chi connectivity index (χ0n) is 18.9. The van der Waals surface area contributed by atoms with E-state index in [-0.39, 0.29) is 21.7 Å². The predicted molar refractivity (Wildman–Crippen MR) is 132 cm³/mol. The smallest absolute Gasteiger partial charge is 0.295 e. The molecule has 0 radical (unpaired) electrons. The monoisotopic (exact) mass is 476 g/mol. The van der Waals surface area contributed by atoms with E-state index in [4.69, 9.17) is 0 Å². The molecular formula is C25H24N4O4S. The van der Waals surface area contributed by atoms with Crippen molar-refractivity contribution in [1.29, 1.82) is 0 Å². The van der Waals surface area contributed by atoms with Gasteiger partial charge in [-0.15, -0.1) is 0 Å². The molecule has 1 amide bonds. The van der Waals surface area contributed by atoms with E-state index < -0.39 is 15.9 Å². The van der Waals surface area contributed by atoms with E-state index in [2.05, 4.69) is 10.0 Å². The number of benzene rings is 3. The minimum absolute atomic E-state index is 0.0181. The molecule has 0 unspecified atom stereocenters. The summed E-state index contributed by atoms with van der Waals surface area (Å²) in [5, 5.41) is 2.67. The molecule has 0 aliphatic heterocycles. The van der Waals surface area contributed by atoms with Crippen LogP contribution >= 0.6 is 0 Å². The van der Waals surface area contributed by atoms with Crippen molar-refractivity contribution in [1.82, 2.24) is 9.36 Å². The summed E-state index contributed by atoms with van der Waals surface area (Å²) in [6.07, 6.45) is 0. The number of hydrogen-bond acceptors (Lipinski definition) is 4. The number of aryl methyl sites for hydroxylation is 1. The number of aromatic nitrogens is 2. The number of anilines is 2. The van der Waals surface area contributed by atoms with Crippen molar-refractivity contribution in [2.45, 2.75) is 18.7 Å². The molecule has 0 fully saturated rings. The van der Waals surface area contributed by atoms with E-state index in [9.17, 15) is 18.0 Å². The van der Waals surface area contributed by atoms with Crippen molar-refractivity contribution in [2.75, 3.05) is 10.0 Å². The Morgan fingerprint density at radius 3 is 2.15 bits per heavy atom. The molecule has 0 aliphatic rings. The second-order valence-corrected chi connectivity index (χ2v) is 9.49. The number of carbonyl (C=O) groups is 1. The molecule has 8 nitrogen and oxygen atoms in total. The second-order valence-electron chi connectivity index (χ2n) is 7.84. The highest BCUT2D eigenvalue weighted by molar-refractivity contribution is 7.92. The summed E-state index contributed by atoms with van der Waals surface area (Å²) in [7, 11) is -2.20. The predicted octanol–water partition coefficient (Wildman–Crippen LogP) is 3.85. The Kier molecular flexibility index (Phi) is 6.12. The van der Waals surface area contributed by atoms with Crippen LogP contribution in [0.3, 0.4) is 0 Å². The summed E-state index contributed by atoms with van der Waals surface area (Å²) in [6, 6.07) is 22.0. The first-order valence-corrected chi connectivity index (χ1v) is 12.0. The third-order valence-electron chi connectivity index (χ3n) is 5.56. The standard InChI is InChI=1S/C25H24N4O4S/c1-17-14-15-19(16-22(17)34(32,33)27-20-10-6-4-7-11-20)24(30)26-23-18(2)28(3)29(25(23)31)21-12-8-5-9-13-21/h4-16,27H,1-3H3,(H,26,30). The van der Waals surface area contributed by atoms with Crippen molar-refractivity contribution in [3.8, 4) is 5.69 Å². The van der Waals surface area contributed by atoms with Crippen molar-refractivity contribution in [2.24, 2.45) is 7.05 Å². The van der Waals surface area contributed by atoms with Gasteiger partial charge in [0, 0.05) is 18.3 Å². The average molecular weight is 477 g/mol. The van der Waals surface area contributed by atoms with Gasteiger partial charge in [0.15, 0.2) is 0 Å². The third kappa shape index (κ3) is 4.38. The zero-order valence-corrected chi connectivity index (χ0v) is 19.8. The van der Waals surface area contributed by atoms with E-state index in [1.165, 1.54) is 16.8 Å². The minimum atomic E-state index is -3.93. The maximum absolute atomic E-state index is 13.1. The van der Waals surface area contributed by atoms with Gasteiger partial charge in [0.25, 0.3) is 21.5 Å². The lowest BCUT2D eigenvalue weighted by atomic mass is 10.1. The SMILES string of the molecule is Cc1ccc(C(=O)Nc2c(C)n(C)n(-c3ccccc3)c2=O)cc1S(=O)(=O)Nc1ccccc1. The van der Waals surface area contributed by atoms with Gasteiger partial charge in [-0.3, -0.25) is 19.0 Å². The first-order chi connectivity index (χ1) is 16.2. The number of carbonyl (C=O) groups excluding carboxylic acids is 1. The van der Waals surface area contributed by atoms with E-state index in [0.717, 1.165) is 0 Å². The van der Waals surface area contributed by atoms with E-state index in [0.29, 0.717) is 22.6 Å². The molecular weight excluding hydrogens is 452 g/mol. The molecule has 1 heterocycles. The normalized spacial score (nSPS) is 11.3. The second kappa shape index (κ2) is 9.03. The highest BCUT2D eigenvalue weighted by Crippen LogP contribution is 2.22. The molecule has 1 aromatic heterocycles. The lowest BCUT2D eigenvalue weighted by molar-refractivity contribution is 0.102. The van der Waals surface area contributed by atoms with Crippen LogP contribution in [0.25, 0.3) is 5.69 Å².